The van der Waals surface area contributed by atoms with Crippen LogP contribution in [0.2, 0.25) is 0 Å². The summed E-state index contributed by atoms with van der Waals surface area (Å²) in [5.74, 6) is 1.26. The number of ether oxygens (including phenoxy) is 2. The van der Waals surface area contributed by atoms with E-state index in [-0.39, 0.29) is 11.7 Å². The topological polar surface area (TPSA) is 47.6 Å². The molecule has 0 aliphatic heterocycles. The quantitative estimate of drug-likeness (QED) is 0.610. The summed E-state index contributed by atoms with van der Waals surface area (Å²) in [6, 6.07) is 13.8. The van der Waals surface area contributed by atoms with Crippen LogP contribution in [-0.4, -0.2) is 25.7 Å². The highest BCUT2D eigenvalue weighted by Gasteiger charge is 2.02. The van der Waals surface area contributed by atoms with E-state index >= 15 is 0 Å². The van der Waals surface area contributed by atoms with Gasteiger partial charge < -0.3 is 14.8 Å². The number of carbonyl (C=O) groups excluding carboxylic acids is 1. The second-order valence-corrected chi connectivity index (χ2v) is 6.13. The molecule has 26 heavy (non-hydrogen) atoms. The van der Waals surface area contributed by atoms with Crippen LogP contribution in [0.4, 0.5) is 4.39 Å². The zero-order valence-corrected chi connectivity index (χ0v) is 15.2. The maximum atomic E-state index is 12.8. The molecule has 1 amide bonds. The highest BCUT2D eigenvalue weighted by molar-refractivity contribution is 5.75. The normalized spacial score (nSPS) is 10.4. The molecule has 0 aliphatic carbocycles. The van der Waals surface area contributed by atoms with Crippen molar-refractivity contribution in [2.75, 3.05) is 19.8 Å². The number of carbonyl (C=O) groups is 1. The number of hydrogen-bond donors (Lipinski definition) is 1. The second-order valence-electron chi connectivity index (χ2n) is 6.13. The molecule has 0 aromatic heterocycles. The molecule has 0 spiro atoms. The van der Waals surface area contributed by atoms with Gasteiger partial charge in [-0.2, -0.15) is 0 Å². The minimum atomic E-state index is -0.274. The third kappa shape index (κ3) is 8.01. The Labute approximate surface area is 154 Å². The first-order valence-electron chi connectivity index (χ1n) is 8.98. The molecule has 0 radical (unpaired) electrons. The van der Waals surface area contributed by atoms with E-state index in [0.717, 1.165) is 24.2 Å². The van der Waals surface area contributed by atoms with Crippen molar-refractivity contribution in [3.8, 4) is 11.5 Å². The van der Waals surface area contributed by atoms with Crippen molar-refractivity contribution in [3.63, 3.8) is 0 Å². The van der Waals surface area contributed by atoms with Crippen LogP contribution in [0, 0.1) is 12.7 Å². The summed E-state index contributed by atoms with van der Waals surface area (Å²) in [5.41, 5.74) is 1.16. The largest absolute Gasteiger partial charge is 0.494 e. The number of benzene rings is 2. The lowest BCUT2D eigenvalue weighted by Gasteiger charge is -2.08. The van der Waals surface area contributed by atoms with Crippen LogP contribution in [0.5, 0.6) is 11.5 Å². The van der Waals surface area contributed by atoms with Gasteiger partial charge >= 0.3 is 0 Å². The lowest BCUT2D eigenvalue weighted by molar-refractivity contribution is -0.121. The molecule has 0 heterocycles. The van der Waals surface area contributed by atoms with Gasteiger partial charge in [-0.15, -0.1) is 0 Å². The summed E-state index contributed by atoms with van der Waals surface area (Å²) < 4.78 is 23.9. The zero-order chi connectivity index (χ0) is 18.6. The predicted molar refractivity (Wildman–Crippen MR) is 100 cm³/mol. The third-order valence-corrected chi connectivity index (χ3v) is 3.78. The molecule has 0 aliphatic rings. The van der Waals surface area contributed by atoms with E-state index < -0.39 is 0 Å². The Balaban J connectivity index is 1.45. The molecule has 4 nitrogen and oxygen atoms in total. The minimum Gasteiger partial charge on any atom is -0.494 e. The van der Waals surface area contributed by atoms with Crippen LogP contribution in [0.15, 0.2) is 48.5 Å². The van der Waals surface area contributed by atoms with Gasteiger partial charge in [0.05, 0.1) is 13.2 Å². The fourth-order valence-electron chi connectivity index (χ4n) is 2.39. The second kappa shape index (κ2) is 11.1. The average molecular weight is 359 g/mol. The standard InChI is InChI=1S/C21H26FNO3/c1-17-6-4-7-20(16-17)26-15-5-8-21(24)23-13-2-3-14-25-19-11-9-18(22)10-12-19/h4,6-7,9-12,16H,2-3,5,8,13-15H2,1H3,(H,23,24). The molecule has 0 saturated carbocycles. The van der Waals surface area contributed by atoms with E-state index in [9.17, 15) is 9.18 Å². The molecule has 2 aromatic carbocycles. The molecule has 5 heteroatoms. The van der Waals surface area contributed by atoms with Gasteiger partial charge in [-0.25, -0.2) is 4.39 Å². The SMILES string of the molecule is Cc1cccc(OCCCC(=O)NCCCCOc2ccc(F)cc2)c1. The summed E-state index contributed by atoms with van der Waals surface area (Å²) in [7, 11) is 0. The Kier molecular flexibility index (Phi) is 8.46. The predicted octanol–water partition coefficient (Wildman–Crippen LogP) is 4.27. The number of nitrogens with one attached hydrogen (secondary N) is 1. The molecular weight excluding hydrogens is 333 g/mol. The molecule has 140 valence electrons. The molecule has 2 aromatic rings. The number of hydrogen-bond acceptors (Lipinski definition) is 3. The van der Waals surface area contributed by atoms with Gasteiger partial charge in [-0.1, -0.05) is 12.1 Å². The monoisotopic (exact) mass is 359 g/mol. The Morgan fingerprint density at radius 3 is 2.46 bits per heavy atom. The maximum Gasteiger partial charge on any atom is 0.220 e. The molecular formula is C21H26FNO3. The van der Waals surface area contributed by atoms with Crippen LogP contribution in [0.1, 0.15) is 31.2 Å². The Morgan fingerprint density at radius 2 is 1.69 bits per heavy atom. The number of unbranched alkanes of at least 4 members (excludes halogenated alkanes) is 1. The third-order valence-electron chi connectivity index (χ3n) is 3.78. The Bertz CT molecular complexity index is 673. The fourth-order valence-corrected chi connectivity index (χ4v) is 2.39. The molecule has 0 fully saturated rings. The van der Waals surface area contributed by atoms with Crippen molar-refractivity contribution in [2.45, 2.75) is 32.6 Å². The van der Waals surface area contributed by atoms with Gasteiger partial charge in [0.1, 0.15) is 17.3 Å². The molecule has 0 bridgehead atoms. The molecule has 1 N–H and O–H groups in total. The maximum absolute atomic E-state index is 12.8. The lowest BCUT2D eigenvalue weighted by atomic mass is 10.2. The first kappa shape index (κ1) is 19.8. The van der Waals surface area contributed by atoms with Gasteiger partial charge in [0.2, 0.25) is 5.91 Å². The van der Waals surface area contributed by atoms with E-state index in [2.05, 4.69) is 5.32 Å². The van der Waals surface area contributed by atoms with Crippen molar-refractivity contribution >= 4 is 5.91 Å². The Morgan fingerprint density at radius 1 is 0.962 bits per heavy atom. The van der Waals surface area contributed by atoms with E-state index in [1.807, 2.05) is 31.2 Å². The van der Waals surface area contributed by atoms with Crippen LogP contribution in [0.3, 0.4) is 0 Å². The summed E-state index contributed by atoms with van der Waals surface area (Å²) in [6.07, 6.45) is 2.81. The van der Waals surface area contributed by atoms with Crippen LogP contribution < -0.4 is 14.8 Å². The minimum absolute atomic E-state index is 0.0392. The summed E-state index contributed by atoms with van der Waals surface area (Å²) in [5, 5.41) is 2.90. The first-order valence-corrected chi connectivity index (χ1v) is 8.98. The van der Waals surface area contributed by atoms with Gasteiger partial charge in [0.15, 0.2) is 0 Å². The van der Waals surface area contributed by atoms with Crippen molar-refractivity contribution in [1.29, 1.82) is 0 Å². The molecule has 2 rings (SSSR count). The van der Waals surface area contributed by atoms with E-state index in [1.165, 1.54) is 12.1 Å². The van der Waals surface area contributed by atoms with Crippen molar-refractivity contribution in [2.24, 2.45) is 0 Å². The van der Waals surface area contributed by atoms with E-state index in [1.54, 1.807) is 12.1 Å². The van der Waals surface area contributed by atoms with Gasteiger partial charge in [-0.05, 0) is 68.1 Å². The number of aryl methyl sites for hydroxylation is 1. The first-order chi connectivity index (χ1) is 12.6. The molecule has 0 unspecified atom stereocenters. The number of rotatable bonds is 11. The lowest BCUT2D eigenvalue weighted by Crippen LogP contribution is -2.24. The van der Waals surface area contributed by atoms with E-state index in [0.29, 0.717) is 38.3 Å². The number of amides is 1. The smallest absolute Gasteiger partial charge is 0.220 e. The van der Waals surface area contributed by atoms with Crippen LogP contribution in [0.25, 0.3) is 0 Å². The zero-order valence-electron chi connectivity index (χ0n) is 15.2. The van der Waals surface area contributed by atoms with Gasteiger partial charge in [0, 0.05) is 13.0 Å². The highest BCUT2D eigenvalue weighted by Crippen LogP contribution is 2.13. The molecule has 0 saturated heterocycles. The average Bonchev–Trinajstić information content (AvgIpc) is 2.63. The summed E-state index contributed by atoms with van der Waals surface area (Å²) in [4.78, 5) is 11.8. The fraction of sp³-hybridized carbons (Fsp3) is 0.381. The van der Waals surface area contributed by atoms with Gasteiger partial charge in [-0.3, -0.25) is 4.79 Å². The summed E-state index contributed by atoms with van der Waals surface area (Å²) in [6.45, 7) is 3.73. The van der Waals surface area contributed by atoms with Crippen molar-refractivity contribution < 1.29 is 18.7 Å². The Hall–Kier alpha value is -2.56. The van der Waals surface area contributed by atoms with Crippen LogP contribution in [-0.2, 0) is 4.79 Å². The summed E-state index contributed by atoms with van der Waals surface area (Å²) >= 11 is 0. The van der Waals surface area contributed by atoms with Crippen LogP contribution >= 0.6 is 0 Å². The van der Waals surface area contributed by atoms with Crippen molar-refractivity contribution in [3.05, 3.63) is 59.9 Å². The number of halogens is 1. The van der Waals surface area contributed by atoms with E-state index in [4.69, 9.17) is 9.47 Å². The van der Waals surface area contributed by atoms with Gasteiger partial charge in [0.25, 0.3) is 0 Å². The molecule has 0 atom stereocenters. The van der Waals surface area contributed by atoms with Crippen molar-refractivity contribution in [1.82, 2.24) is 5.32 Å². The highest BCUT2D eigenvalue weighted by atomic mass is 19.1.